The van der Waals surface area contributed by atoms with E-state index in [0.29, 0.717) is 0 Å². The second kappa shape index (κ2) is 11.0. The van der Waals surface area contributed by atoms with Gasteiger partial charge in [-0.1, -0.05) is 32.6 Å². The second-order valence-electron chi connectivity index (χ2n) is 4.20. The van der Waals surface area contributed by atoms with Crippen LogP contribution in [-0.4, -0.2) is 20.1 Å². The van der Waals surface area contributed by atoms with E-state index in [4.69, 9.17) is 5.73 Å². The second-order valence-corrected chi connectivity index (χ2v) is 4.20. The van der Waals surface area contributed by atoms with Gasteiger partial charge in [-0.2, -0.15) is 0 Å². The maximum atomic E-state index is 5.75. The molecular weight excluding hydrogens is 172 g/mol. The van der Waals surface area contributed by atoms with Gasteiger partial charge in [-0.05, 0) is 45.3 Å². The molecule has 0 bridgehead atoms. The normalized spacial score (nSPS) is 13.1. The van der Waals surface area contributed by atoms with E-state index >= 15 is 0 Å². The fourth-order valence-electron chi connectivity index (χ4n) is 1.81. The lowest BCUT2D eigenvalue weighted by atomic mass is 9.96. The molecule has 0 aromatic carbocycles. The number of hydrogen-bond donors (Lipinski definition) is 2. The molecule has 0 aliphatic heterocycles. The van der Waals surface area contributed by atoms with E-state index in [2.05, 4.69) is 12.2 Å². The number of nitrogens with two attached hydrogens (primary N) is 1. The minimum absolute atomic E-state index is 0.764. The van der Waals surface area contributed by atoms with E-state index in [0.717, 1.165) is 19.0 Å². The van der Waals surface area contributed by atoms with E-state index in [1.807, 2.05) is 7.05 Å². The summed E-state index contributed by atoms with van der Waals surface area (Å²) in [6, 6.07) is 0. The highest BCUT2D eigenvalue weighted by Gasteiger charge is 2.05. The Morgan fingerprint density at radius 1 is 1.07 bits per heavy atom. The Morgan fingerprint density at radius 3 is 2.36 bits per heavy atom. The summed E-state index contributed by atoms with van der Waals surface area (Å²) in [6.45, 7) is 4.26. The molecule has 0 aromatic rings. The number of rotatable bonds is 10. The molecule has 0 saturated heterocycles. The van der Waals surface area contributed by atoms with Gasteiger partial charge in [0.2, 0.25) is 0 Å². The zero-order valence-electron chi connectivity index (χ0n) is 10.0. The van der Waals surface area contributed by atoms with Gasteiger partial charge in [0.1, 0.15) is 0 Å². The van der Waals surface area contributed by atoms with Crippen LogP contribution in [-0.2, 0) is 0 Å². The molecule has 2 nitrogen and oxygen atoms in total. The Bertz CT molecular complexity index is 104. The van der Waals surface area contributed by atoms with E-state index in [-0.39, 0.29) is 0 Å². The first-order valence-corrected chi connectivity index (χ1v) is 6.19. The van der Waals surface area contributed by atoms with Crippen molar-refractivity contribution in [2.45, 2.75) is 51.9 Å². The first-order valence-electron chi connectivity index (χ1n) is 6.19. The molecule has 0 radical (unpaired) electrons. The third-order valence-electron chi connectivity index (χ3n) is 2.84. The fraction of sp³-hybridized carbons (Fsp3) is 1.00. The van der Waals surface area contributed by atoms with E-state index in [9.17, 15) is 0 Å². The summed E-state index contributed by atoms with van der Waals surface area (Å²) in [7, 11) is 2.01. The van der Waals surface area contributed by atoms with E-state index in [1.165, 1.54) is 44.9 Å². The molecule has 86 valence electrons. The minimum atomic E-state index is 0.764. The number of unbranched alkanes of at least 4 members (excludes halogenated alkanes) is 3. The van der Waals surface area contributed by atoms with Crippen LogP contribution in [0.25, 0.3) is 0 Å². The molecule has 0 amide bonds. The van der Waals surface area contributed by atoms with Crippen LogP contribution < -0.4 is 11.1 Å². The summed E-state index contributed by atoms with van der Waals surface area (Å²) < 4.78 is 0. The standard InChI is InChI=1S/C12H28N2/c1-3-4-5-6-8-12(11-13)9-7-10-14-2/h12,14H,3-11,13H2,1-2H3. The first kappa shape index (κ1) is 13.9. The van der Waals surface area contributed by atoms with Gasteiger partial charge in [0.25, 0.3) is 0 Å². The van der Waals surface area contributed by atoms with Gasteiger partial charge in [-0.25, -0.2) is 0 Å². The predicted molar refractivity (Wildman–Crippen MR) is 64.5 cm³/mol. The van der Waals surface area contributed by atoms with E-state index in [1.54, 1.807) is 0 Å². The lowest BCUT2D eigenvalue weighted by molar-refractivity contribution is 0.420. The molecule has 0 rings (SSSR count). The van der Waals surface area contributed by atoms with Crippen molar-refractivity contribution in [1.29, 1.82) is 0 Å². The Labute approximate surface area is 89.6 Å². The molecule has 0 aromatic heterocycles. The summed E-state index contributed by atoms with van der Waals surface area (Å²) in [5.41, 5.74) is 5.75. The topological polar surface area (TPSA) is 38.0 Å². The number of nitrogens with one attached hydrogen (secondary N) is 1. The molecule has 0 saturated carbocycles. The molecule has 0 heterocycles. The number of hydrogen-bond acceptors (Lipinski definition) is 2. The van der Waals surface area contributed by atoms with Crippen molar-refractivity contribution in [3.8, 4) is 0 Å². The molecule has 0 aliphatic rings. The highest BCUT2D eigenvalue weighted by Crippen LogP contribution is 2.14. The monoisotopic (exact) mass is 200 g/mol. The minimum Gasteiger partial charge on any atom is -0.330 e. The van der Waals surface area contributed by atoms with Gasteiger partial charge in [0.15, 0.2) is 0 Å². The molecule has 1 unspecified atom stereocenters. The Kier molecular flexibility index (Phi) is 10.9. The van der Waals surface area contributed by atoms with Crippen molar-refractivity contribution in [1.82, 2.24) is 5.32 Å². The van der Waals surface area contributed by atoms with Crippen LogP contribution >= 0.6 is 0 Å². The summed E-state index contributed by atoms with van der Waals surface area (Å²) in [5, 5.41) is 3.18. The molecule has 14 heavy (non-hydrogen) atoms. The predicted octanol–water partition coefficient (Wildman–Crippen LogP) is 2.53. The molecule has 0 spiro atoms. The van der Waals surface area contributed by atoms with Crippen molar-refractivity contribution < 1.29 is 0 Å². The highest BCUT2D eigenvalue weighted by atomic mass is 14.8. The smallest absolute Gasteiger partial charge is 0.00489 e. The van der Waals surface area contributed by atoms with Crippen molar-refractivity contribution >= 4 is 0 Å². The lowest BCUT2D eigenvalue weighted by Gasteiger charge is -2.13. The zero-order valence-corrected chi connectivity index (χ0v) is 10.0. The summed E-state index contributed by atoms with van der Waals surface area (Å²) in [4.78, 5) is 0. The van der Waals surface area contributed by atoms with Crippen LogP contribution in [0.2, 0.25) is 0 Å². The average Bonchev–Trinajstić information content (AvgIpc) is 2.22. The Balaban J connectivity index is 3.28. The van der Waals surface area contributed by atoms with Crippen LogP contribution in [0, 0.1) is 5.92 Å². The molecule has 1 atom stereocenters. The summed E-state index contributed by atoms with van der Waals surface area (Å²) >= 11 is 0. The zero-order chi connectivity index (χ0) is 10.6. The van der Waals surface area contributed by atoms with Crippen molar-refractivity contribution in [3.63, 3.8) is 0 Å². The van der Waals surface area contributed by atoms with Gasteiger partial charge in [-0.15, -0.1) is 0 Å². The molecule has 0 aliphatic carbocycles. The Hall–Kier alpha value is -0.0800. The van der Waals surface area contributed by atoms with Crippen LogP contribution in [0.5, 0.6) is 0 Å². The van der Waals surface area contributed by atoms with Gasteiger partial charge in [-0.3, -0.25) is 0 Å². The maximum absolute atomic E-state index is 5.75. The molecule has 3 N–H and O–H groups in total. The third-order valence-corrected chi connectivity index (χ3v) is 2.84. The van der Waals surface area contributed by atoms with Crippen LogP contribution in [0.4, 0.5) is 0 Å². The third kappa shape index (κ3) is 8.52. The largest absolute Gasteiger partial charge is 0.330 e. The summed E-state index contributed by atoms with van der Waals surface area (Å²) in [5.74, 6) is 0.764. The van der Waals surface area contributed by atoms with Crippen molar-refractivity contribution in [2.75, 3.05) is 20.1 Å². The van der Waals surface area contributed by atoms with Crippen molar-refractivity contribution in [3.05, 3.63) is 0 Å². The summed E-state index contributed by atoms with van der Waals surface area (Å²) in [6.07, 6.45) is 9.37. The van der Waals surface area contributed by atoms with Crippen molar-refractivity contribution in [2.24, 2.45) is 11.7 Å². The van der Waals surface area contributed by atoms with Gasteiger partial charge >= 0.3 is 0 Å². The average molecular weight is 200 g/mol. The Morgan fingerprint density at radius 2 is 1.79 bits per heavy atom. The molecular formula is C12H28N2. The fourth-order valence-corrected chi connectivity index (χ4v) is 1.81. The maximum Gasteiger partial charge on any atom is -0.00489 e. The quantitative estimate of drug-likeness (QED) is 0.532. The van der Waals surface area contributed by atoms with Crippen LogP contribution in [0.3, 0.4) is 0 Å². The molecule has 2 heteroatoms. The SMILES string of the molecule is CCCCCCC(CN)CCCNC. The molecule has 0 fully saturated rings. The lowest BCUT2D eigenvalue weighted by Crippen LogP contribution is -2.17. The first-order chi connectivity index (χ1) is 6.85. The van der Waals surface area contributed by atoms with Gasteiger partial charge < -0.3 is 11.1 Å². The van der Waals surface area contributed by atoms with Crippen LogP contribution in [0.15, 0.2) is 0 Å². The van der Waals surface area contributed by atoms with E-state index < -0.39 is 0 Å². The van der Waals surface area contributed by atoms with Crippen LogP contribution in [0.1, 0.15) is 51.9 Å². The van der Waals surface area contributed by atoms with Gasteiger partial charge in [0.05, 0.1) is 0 Å². The highest BCUT2D eigenvalue weighted by molar-refractivity contribution is 4.61. The van der Waals surface area contributed by atoms with Gasteiger partial charge in [0, 0.05) is 0 Å².